The minimum atomic E-state index is -1.04. The smallest absolute Gasteiger partial charge is 0.314 e. The standard InChI is InChI=1S/C24H35N3O7/c1-4-33-23(31)24(9-6-12-32-3)14-19-7-5-8-20(13-19)34-16-22(30)25-10-11-27(18(2)28)15-21(29)26-17-24/h5,7-8,13H,4,6,9-12,14-17H2,1-3H3,(H,25,30)(H,26,29). The van der Waals surface area contributed by atoms with Gasteiger partial charge in [0, 0.05) is 40.3 Å². The second-order valence-corrected chi connectivity index (χ2v) is 8.28. The van der Waals surface area contributed by atoms with Crippen LogP contribution in [0.2, 0.25) is 0 Å². The van der Waals surface area contributed by atoms with Gasteiger partial charge in [0.15, 0.2) is 6.61 Å². The van der Waals surface area contributed by atoms with Crippen molar-refractivity contribution in [2.75, 3.05) is 53.1 Å². The van der Waals surface area contributed by atoms with Crippen LogP contribution in [0.25, 0.3) is 0 Å². The molecule has 0 saturated carbocycles. The molecule has 0 fully saturated rings. The normalized spacial score (nSPS) is 20.0. The van der Waals surface area contributed by atoms with Gasteiger partial charge < -0.3 is 29.7 Å². The average Bonchev–Trinajstić information content (AvgIpc) is 2.80. The summed E-state index contributed by atoms with van der Waals surface area (Å²) in [5.74, 6) is -0.962. The number of carbonyl (C=O) groups excluding carboxylic acids is 4. The molecular formula is C24H35N3O7. The van der Waals surface area contributed by atoms with Crippen molar-refractivity contribution >= 4 is 23.7 Å². The summed E-state index contributed by atoms with van der Waals surface area (Å²) in [5.41, 5.74) is -0.242. The fourth-order valence-electron chi connectivity index (χ4n) is 3.84. The van der Waals surface area contributed by atoms with E-state index in [1.807, 2.05) is 6.07 Å². The zero-order valence-corrected chi connectivity index (χ0v) is 20.2. The highest BCUT2D eigenvalue weighted by Crippen LogP contribution is 2.32. The van der Waals surface area contributed by atoms with Gasteiger partial charge in [0.2, 0.25) is 11.8 Å². The lowest BCUT2D eigenvalue weighted by molar-refractivity contribution is -0.156. The molecule has 1 aromatic carbocycles. The molecule has 1 aliphatic heterocycles. The molecule has 1 aromatic rings. The Kier molecular flexibility index (Phi) is 10.8. The Morgan fingerprint density at radius 1 is 1.21 bits per heavy atom. The topological polar surface area (TPSA) is 123 Å². The first-order valence-corrected chi connectivity index (χ1v) is 11.5. The van der Waals surface area contributed by atoms with E-state index in [1.165, 1.54) is 11.8 Å². The van der Waals surface area contributed by atoms with Gasteiger partial charge in [-0.2, -0.15) is 0 Å². The zero-order valence-electron chi connectivity index (χ0n) is 20.2. The van der Waals surface area contributed by atoms with Gasteiger partial charge >= 0.3 is 5.97 Å². The lowest BCUT2D eigenvalue weighted by Gasteiger charge is -2.32. The average molecular weight is 478 g/mol. The molecule has 34 heavy (non-hydrogen) atoms. The number of methoxy groups -OCH3 is 1. The molecule has 2 N–H and O–H groups in total. The van der Waals surface area contributed by atoms with E-state index in [4.69, 9.17) is 14.2 Å². The summed E-state index contributed by atoms with van der Waals surface area (Å²) in [5, 5.41) is 5.51. The van der Waals surface area contributed by atoms with Crippen LogP contribution in [0.1, 0.15) is 32.3 Å². The molecule has 2 bridgehead atoms. The first-order chi connectivity index (χ1) is 16.3. The molecule has 0 spiro atoms. The fraction of sp³-hybridized carbons (Fsp3) is 0.583. The first kappa shape index (κ1) is 27.1. The third-order valence-electron chi connectivity index (χ3n) is 5.63. The zero-order chi connectivity index (χ0) is 25.0. The number of nitrogens with one attached hydrogen (secondary N) is 2. The van der Waals surface area contributed by atoms with Crippen molar-refractivity contribution in [1.29, 1.82) is 0 Å². The van der Waals surface area contributed by atoms with Crippen LogP contribution in [0.3, 0.4) is 0 Å². The minimum absolute atomic E-state index is 0.0436. The van der Waals surface area contributed by atoms with Crippen LogP contribution in [-0.2, 0) is 35.1 Å². The second kappa shape index (κ2) is 13.5. The van der Waals surface area contributed by atoms with Crippen LogP contribution >= 0.6 is 0 Å². The number of hydrogen-bond donors (Lipinski definition) is 2. The number of esters is 1. The van der Waals surface area contributed by atoms with E-state index >= 15 is 0 Å². The maximum atomic E-state index is 13.2. The Labute approximate surface area is 200 Å². The molecule has 1 heterocycles. The molecule has 2 rings (SSSR count). The van der Waals surface area contributed by atoms with Gasteiger partial charge in [0.1, 0.15) is 5.75 Å². The van der Waals surface area contributed by atoms with Gasteiger partial charge in [-0.25, -0.2) is 0 Å². The third-order valence-corrected chi connectivity index (χ3v) is 5.63. The number of benzene rings is 1. The van der Waals surface area contributed by atoms with Crippen LogP contribution in [0, 0.1) is 5.41 Å². The molecule has 0 aliphatic carbocycles. The quantitative estimate of drug-likeness (QED) is 0.456. The summed E-state index contributed by atoms with van der Waals surface area (Å²) >= 11 is 0. The Hall–Kier alpha value is -3.14. The minimum Gasteiger partial charge on any atom is -0.484 e. The summed E-state index contributed by atoms with van der Waals surface area (Å²) < 4.78 is 16.2. The van der Waals surface area contributed by atoms with E-state index in [0.29, 0.717) is 25.2 Å². The largest absolute Gasteiger partial charge is 0.484 e. The van der Waals surface area contributed by atoms with Crippen LogP contribution in [-0.4, -0.2) is 81.7 Å². The van der Waals surface area contributed by atoms with E-state index in [0.717, 1.165) is 5.56 Å². The Morgan fingerprint density at radius 2 is 2.00 bits per heavy atom. The number of amides is 3. The number of fused-ring (bicyclic) bond motifs is 2. The maximum Gasteiger partial charge on any atom is 0.314 e. The van der Waals surface area contributed by atoms with E-state index < -0.39 is 17.3 Å². The molecule has 10 nitrogen and oxygen atoms in total. The Morgan fingerprint density at radius 3 is 2.71 bits per heavy atom. The third kappa shape index (κ3) is 8.33. The molecule has 1 aliphatic rings. The van der Waals surface area contributed by atoms with Crippen LogP contribution < -0.4 is 15.4 Å². The van der Waals surface area contributed by atoms with E-state index in [9.17, 15) is 19.2 Å². The summed E-state index contributed by atoms with van der Waals surface area (Å²) in [4.78, 5) is 51.4. The highest BCUT2D eigenvalue weighted by Gasteiger charge is 2.40. The van der Waals surface area contributed by atoms with Crippen molar-refractivity contribution in [3.8, 4) is 5.75 Å². The molecule has 10 heteroatoms. The van der Waals surface area contributed by atoms with Gasteiger partial charge in [0.25, 0.3) is 5.91 Å². The van der Waals surface area contributed by atoms with Gasteiger partial charge in [-0.3, -0.25) is 19.2 Å². The summed E-state index contributed by atoms with van der Waals surface area (Å²) in [6.07, 6.45) is 1.29. The van der Waals surface area contributed by atoms with Gasteiger partial charge in [-0.15, -0.1) is 0 Å². The molecular weight excluding hydrogens is 442 g/mol. The molecule has 1 unspecified atom stereocenters. The molecule has 3 amide bonds. The van der Waals surface area contributed by atoms with E-state index in [1.54, 1.807) is 32.2 Å². The van der Waals surface area contributed by atoms with Crippen molar-refractivity contribution < 1.29 is 33.4 Å². The lowest BCUT2D eigenvalue weighted by atomic mass is 9.77. The Bertz CT molecular complexity index is 861. The highest BCUT2D eigenvalue weighted by molar-refractivity contribution is 5.85. The summed E-state index contributed by atoms with van der Waals surface area (Å²) in [7, 11) is 1.59. The molecule has 0 aromatic heterocycles. The first-order valence-electron chi connectivity index (χ1n) is 11.5. The summed E-state index contributed by atoms with van der Waals surface area (Å²) in [6.45, 7) is 3.76. The second-order valence-electron chi connectivity index (χ2n) is 8.28. The summed E-state index contributed by atoms with van der Waals surface area (Å²) in [6, 6.07) is 7.17. The molecule has 0 saturated heterocycles. The Balaban J connectivity index is 2.40. The highest BCUT2D eigenvalue weighted by atomic mass is 16.5. The van der Waals surface area contributed by atoms with Crippen molar-refractivity contribution in [1.82, 2.24) is 15.5 Å². The molecule has 0 radical (unpaired) electrons. The van der Waals surface area contributed by atoms with Gasteiger partial charge in [-0.05, 0) is 43.9 Å². The van der Waals surface area contributed by atoms with E-state index in [-0.39, 0.29) is 57.6 Å². The predicted molar refractivity (Wildman–Crippen MR) is 124 cm³/mol. The number of rotatable bonds is 6. The van der Waals surface area contributed by atoms with Crippen LogP contribution in [0.5, 0.6) is 5.75 Å². The number of ether oxygens (including phenoxy) is 3. The van der Waals surface area contributed by atoms with Crippen molar-refractivity contribution in [3.05, 3.63) is 29.8 Å². The fourth-order valence-corrected chi connectivity index (χ4v) is 3.84. The van der Waals surface area contributed by atoms with Gasteiger partial charge in [-0.1, -0.05) is 12.1 Å². The van der Waals surface area contributed by atoms with Crippen LogP contribution in [0.4, 0.5) is 0 Å². The number of carbonyl (C=O) groups is 4. The maximum absolute atomic E-state index is 13.2. The van der Waals surface area contributed by atoms with Crippen molar-refractivity contribution in [3.63, 3.8) is 0 Å². The predicted octanol–water partition coefficient (Wildman–Crippen LogP) is 0.679. The molecule has 1 atom stereocenters. The van der Waals surface area contributed by atoms with Crippen LogP contribution in [0.15, 0.2) is 24.3 Å². The van der Waals surface area contributed by atoms with Crippen molar-refractivity contribution in [2.45, 2.75) is 33.1 Å². The number of hydrogen-bond acceptors (Lipinski definition) is 7. The number of nitrogens with zero attached hydrogens (tertiary/aromatic N) is 1. The lowest BCUT2D eigenvalue weighted by Crippen LogP contribution is -2.49. The monoisotopic (exact) mass is 477 g/mol. The SMILES string of the molecule is CCOC(=O)C1(CCCOC)CNC(=O)CN(C(C)=O)CCNC(=O)COc2cccc(c2)C1. The van der Waals surface area contributed by atoms with Crippen molar-refractivity contribution in [2.24, 2.45) is 5.41 Å². The van der Waals surface area contributed by atoms with Gasteiger partial charge in [0.05, 0.1) is 18.6 Å². The molecule has 188 valence electrons. The van der Waals surface area contributed by atoms with E-state index in [2.05, 4.69) is 10.6 Å².